The highest BCUT2D eigenvalue weighted by Gasteiger charge is 2.35. The van der Waals surface area contributed by atoms with Gasteiger partial charge in [0.05, 0.1) is 29.1 Å². The summed E-state index contributed by atoms with van der Waals surface area (Å²) in [6, 6.07) is 4.16. The molecule has 0 amide bonds. The van der Waals surface area contributed by atoms with Crippen LogP contribution in [0.15, 0.2) is 24.4 Å². The highest BCUT2D eigenvalue weighted by atomic mass is 35.5. The van der Waals surface area contributed by atoms with Crippen molar-refractivity contribution in [3.05, 3.63) is 45.8 Å². The lowest BCUT2D eigenvalue weighted by atomic mass is 10.2. The summed E-state index contributed by atoms with van der Waals surface area (Å²) < 4.78 is 69.2. The summed E-state index contributed by atoms with van der Waals surface area (Å²) in [5.41, 5.74) is 0.283. The quantitative estimate of drug-likeness (QED) is 0.803. The third-order valence-electron chi connectivity index (χ3n) is 2.82. The second-order valence-electron chi connectivity index (χ2n) is 4.72. The summed E-state index contributed by atoms with van der Waals surface area (Å²) in [6.07, 6.45) is -4.11. The van der Waals surface area contributed by atoms with E-state index in [1.807, 2.05) is 4.72 Å². The average Bonchev–Trinajstić information content (AvgIpc) is 2.49. The summed E-state index contributed by atoms with van der Waals surface area (Å²) in [4.78, 5) is 6.26. The van der Waals surface area contributed by atoms with Gasteiger partial charge in [0.15, 0.2) is 11.6 Å². The minimum atomic E-state index is -4.84. The van der Waals surface area contributed by atoms with Crippen LogP contribution >= 0.6 is 23.2 Å². The number of benzene rings is 1. The summed E-state index contributed by atoms with van der Waals surface area (Å²) >= 11 is 11.6. The first-order valence-electron chi connectivity index (χ1n) is 6.44. The standard InChI is InChI=1S/C13H10Cl2F3N3O3S/c1-24-10-5-19-12(13(16,17)18)20-11(10)21-25(22,23)6-7-2-3-8(14)9(15)4-7/h2-5H,6H2,1H3,(H,19,20,21). The molecular formula is C13H10Cl2F3N3O3S. The van der Waals surface area contributed by atoms with Crippen LogP contribution in [0.25, 0.3) is 0 Å². The maximum atomic E-state index is 12.7. The molecule has 0 saturated carbocycles. The molecule has 1 N–H and O–H groups in total. The van der Waals surface area contributed by atoms with Gasteiger partial charge in [-0.3, -0.25) is 4.72 Å². The fraction of sp³-hybridized carbons (Fsp3) is 0.231. The van der Waals surface area contributed by atoms with E-state index in [0.29, 0.717) is 0 Å². The minimum Gasteiger partial charge on any atom is -0.491 e. The van der Waals surface area contributed by atoms with Crippen molar-refractivity contribution in [2.45, 2.75) is 11.9 Å². The Balaban J connectivity index is 2.31. The van der Waals surface area contributed by atoms with Gasteiger partial charge < -0.3 is 4.74 Å². The van der Waals surface area contributed by atoms with Crippen molar-refractivity contribution in [3.63, 3.8) is 0 Å². The molecular weight excluding hydrogens is 406 g/mol. The Kier molecular flexibility index (Phi) is 5.65. The SMILES string of the molecule is COc1cnc(C(F)(F)F)nc1NS(=O)(=O)Cc1ccc(Cl)c(Cl)c1. The first-order valence-corrected chi connectivity index (χ1v) is 8.85. The molecule has 0 aliphatic rings. The van der Waals surface area contributed by atoms with Crippen LogP contribution in [0.2, 0.25) is 10.0 Å². The molecule has 0 aliphatic heterocycles. The van der Waals surface area contributed by atoms with Gasteiger partial charge in [0, 0.05) is 0 Å². The molecule has 0 atom stereocenters. The lowest BCUT2D eigenvalue weighted by Gasteiger charge is -2.13. The largest absolute Gasteiger partial charge is 0.491 e. The zero-order valence-electron chi connectivity index (χ0n) is 12.4. The van der Waals surface area contributed by atoms with E-state index in [9.17, 15) is 21.6 Å². The highest BCUT2D eigenvalue weighted by molar-refractivity contribution is 7.91. The number of sulfonamides is 1. The van der Waals surface area contributed by atoms with Crippen molar-refractivity contribution in [2.24, 2.45) is 0 Å². The van der Waals surface area contributed by atoms with E-state index >= 15 is 0 Å². The lowest BCUT2D eigenvalue weighted by Crippen LogP contribution is -2.19. The van der Waals surface area contributed by atoms with Crippen molar-refractivity contribution >= 4 is 39.0 Å². The molecule has 6 nitrogen and oxygen atoms in total. The smallest absolute Gasteiger partial charge is 0.451 e. The molecule has 25 heavy (non-hydrogen) atoms. The minimum absolute atomic E-state index is 0.147. The second-order valence-corrected chi connectivity index (χ2v) is 7.25. The molecule has 2 aromatic rings. The Bertz CT molecular complexity index is 892. The van der Waals surface area contributed by atoms with E-state index < -0.39 is 33.6 Å². The maximum Gasteiger partial charge on any atom is 0.451 e. The van der Waals surface area contributed by atoms with E-state index in [-0.39, 0.29) is 21.4 Å². The van der Waals surface area contributed by atoms with Crippen molar-refractivity contribution in [1.82, 2.24) is 9.97 Å². The molecule has 0 radical (unpaired) electrons. The highest BCUT2D eigenvalue weighted by Crippen LogP contribution is 2.31. The van der Waals surface area contributed by atoms with Crippen molar-refractivity contribution in [2.75, 3.05) is 11.8 Å². The van der Waals surface area contributed by atoms with Crippen molar-refractivity contribution < 1.29 is 26.3 Å². The molecule has 0 unspecified atom stereocenters. The zero-order chi connectivity index (χ0) is 18.8. The van der Waals surface area contributed by atoms with E-state index in [4.69, 9.17) is 27.9 Å². The molecule has 12 heteroatoms. The van der Waals surface area contributed by atoms with Crippen LogP contribution in [0.5, 0.6) is 5.75 Å². The molecule has 136 valence electrons. The molecule has 1 heterocycles. The number of nitrogens with one attached hydrogen (secondary N) is 1. The predicted octanol–water partition coefficient (Wildman–Crippen LogP) is 3.75. The number of nitrogens with zero attached hydrogens (tertiary/aromatic N) is 2. The van der Waals surface area contributed by atoms with Gasteiger partial charge in [-0.25, -0.2) is 18.4 Å². The number of ether oxygens (including phenoxy) is 1. The molecule has 0 bridgehead atoms. The number of rotatable bonds is 5. The van der Waals surface area contributed by atoms with Crippen molar-refractivity contribution in [3.8, 4) is 5.75 Å². The Labute approximate surface area is 151 Å². The lowest BCUT2D eigenvalue weighted by molar-refractivity contribution is -0.144. The molecule has 1 aromatic heterocycles. The van der Waals surface area contributed by atoms with Gasteiger partial charge >= 0.3 is 6.18 Å². The van der Waals surface area contributed by atoms with E-state index in [0.717, 1.165) is 13.3 Å². The van der Waals surface area contributed by atoms with Gasteiger partial charge in [0.2, 0.25) is 15.8 Å². The molecule has 0 spiro atoms. The average molecular weight is 416 g/mol. The van der Waals surface area contributed by atoms with E-state index in [1.165, 1.54) is 18.2 Å². The number of hydrogen-bond donors (Lipinski definition) is 1. The van der Waals surface area contributed by atoms with Crippen LogP contribution in [0.1, 0.15) is 11.4 Å². The van der Waals surface area contributed by atoms with Gasteiger partial charge in [-0.2, -0.15) is 13.2 Å². The molecule has 2 rings (SSSR count). The summed E-state index contributed by atoms with van der Waals surface area (Å²) in [5.74, 6) is -2.94. The number of aromatic nitrogens is 2. The topological polar surface area (TPSA) is 81.2 Å². The van der Waals surface area contributed by atoms with E-state index in [1.54, 1.807) is 0 Å². The molecule has 1 aromatic carbocycles. The number of anilines is 1. The van der Waals surface area contributed by atoms with Crippen LogP contribution in [-0.2, 0) is 22.0 Å². The third-order valence-corrected chi connectivity index (χ3v) is 4.78. The van der Waals surface area contributed by atoms with E-state index in [2.05, 4.69) is 9.97 Å². The summed E-state index contributed by atoms with van der Waals surface area (Å²) in [6.45, 7) is 0. The van der Waals surface area contributed by atoms with Crippen LogP contribution in [0.4, 0.5) is 19.0 Å². The first kappa shape index (κ1) is 19.5. The summed E-state index contributed by atoms with van der Waals surface area (Å²) in [7, 11) is -2.96. The number of methoxy groups -OCH3 is 1. The van der Waals surface area contributed by atoms with Gasteiger partial charge in [-0.1, -0.05) is 29.3 Å². The maximum absolute atomic E-state index is 12.7. The molecule has 0 aliphatic carbocycles. The zero-order valence-corrected chi connectivity index (χ0v) is 14.8. The predicted molar refractivity (Wildman–Crippen MR) is 86.3 cm³/mol. The Morgan fingerprint density at radius 3 is 2.48 bits per heavy atom. The van der Waals surface area contributed by atoms with Crippen LogP contribution in [-0.4, -0.2) is 25.5 Å². The van der Waals surface area contributed by atoms with Gasteiger partial charge in [0.25, 0.3) is 0 Å². The first-order chi connectivity index (χ1) is 11.5. The van der Waals surface area contributed by atoms with Crippen LogP contribution in [0.3, 0.4) is 0 Å². The molecule has 0 fully saturated rings. The van der Waals surface area contributed by atoms with Crippen molar-refractivity contribution in [1.29, 1.82) is 0 Å². The number of hydrogen-bond acceptors (Lipinski definition) is 5. The van der Waals surface area contributed by atoms with Gasteiger partial charge in [-0.05, 0) is 17.7 Å². The monoisotopic (exact) mass is 415 g/mol. The second kappa shape index (κ2) is 7.22. The Morgan fingerprint density at radius 1 is 1.24 bits per heavy atom. The van der Waals surface area contributed by atoms with Crippen LogP contribution < -0.4 is 9.46 Å². The summed E-state index contributed by atoms with van der Waals surface area (Å²) in [5, 5.41) is 0.386. The molecule has 0 saturated heterocycles. The number of alkyl halides is 3. The normalized spacial score (nSPS) is 12.1. The third kappa shape index (κ3) is 5.10. The fourth-order valence-electron chi connectivity index (χ4n) is 1.76. The van der Waals surface area contributed by atoms with Crippen LogP contribution in [0, 0.1) is 0 Å². The fourth-order valence-corrected chi connectivity index (χ4v) is 3.21. The Hall–Kier alpha value is -1.78. The van der Waals surface area contributed by atoms with Gasteiger partial charge in [-0.15, -0.1) is 0 Å². The Morgan fingerprint density at radius 2 is 1.92 bits per heavy atom. The number of halogens is 5. The van der Waals surface area contributed by atoms with Gasteiger partial charge in [0.1, 0.15) is 0 Å².